The second-order valence-electron chi connectivity index (χ2n) is 4.18. The molecule has 0 unspecified atom stereocenters. The van der Waals surface area contributed by atoms with Crippen molar-refractivity contribution in [3.63, 3.8) is 0 Å². The Bertz CT molecular complexity index is 409. The molecule has 0 aliphatic heterocycles. The number of nitrogens with one attached hydrogen (secondary N) is 1. The Morgan fingerprint density at radius 3 is 2.71 bits per heavy atom. The van der Waals surface area contributed by atoms with Gasteiger partial charge in [0.05, 0.1) is 12.2 Å². The van der Waals surface area contributed by atoms with Gasteiger partial charge in [-0.1, -0.05) is 15.9 Å². The summed E-state index contributed by atoms with van der Waals surface area (Å²) < 4.78 is 14.1. The summed E-state index contributed by atoms with van der Waals surface area (Å²) in [5.74, 6) is -0.664. The highest BCUT2D eigenvalue weighted by Crippen LogP contribution is 2.19. The van der Waals surface area contributed by atoms with Crippen molar-refractivity contribution in [2.24, 2.45) is 0 Å². The molecule has 0 heterocycles. The van der Waals surface area contributed by atoms with Crippen molar-refractivity contribution in [3.8, 4) is 0 Å². The summed E-state index contributed by atoms with van der Waals surface area (Å²) in [5, 5.41) is 2.55. The number of benzene rings is 1. The summed E-state index contributed by atoms with van der Waals surface area (Å²) in [7, 11) is 1.85. The van der Waals surface area contributed by atoms with E-state index in [-0.39, 0.29) is 24.2 Å². The third-order valence-corrected chi connectivity index (χ3v) is 2.97. The molecule has 3 nitrogen and oxygen atoms in total. The van der Waals surface area contributed by atoms with Crippen molar-refractivity contribution >= 4 is 27.5 Å². The molecule has 0 atom stereocenters. The monoisotopic (exact) mass is 302 g/mol. The highest BCUT2D eigenvalue weighted by atomic mass is 79.9. The summed E-state index contributed by atoms with van der Waals surface area (Å²) in [5.41, 5.74) is 0.204. The van der Waals surface area contributed by atoms with E-state index in [0.717, 1.165) is 0 Å². The van der Waals surface area contributed by atoms with Gasteiger partial charge in [-0.3, -0.25) is 9.69 Å². The van der Waals surface area contributed by atoms with Gasteiger partial charge in [-0.05, 0) is 39.1 Å². The smallest absolute Gasteiger partial charge is 0.238 e. The zero-order chi connectivity index (χ0) is 13.0. The zero-order valence-electron chi connectivity index (χ0n) is 10.1. The summed E-state index contributed by atoms with van der Waals surface area (Å²) in [6.07, 6.45) is 0. The maximum Gasteiger partial charge on any atom is 0.238 e. The summed E-state index contributed by atoms with van der Waals surface area (Å²) in [6, 6.07) is 4.81. The maximum absolute atomic E-state index is 13.4. The Kier molecular flexibility index (Phi) is 5.08. The number of carbonyl (C=O) groups excluding carboxylic acids is 1. The molecule has 1 amide bonds. The van der Waals surface area contributed by atoms with E-state index in [9.17, 15) is 9.18 Å². The van der Waals surface area contributed by atoms with E-state index < -0.39 is 5.82 Å². The fraction of sp³-hybridized carbons (Fsp3) is 0.417. The van der Waals surface area contributed by atoms with Gasteiger partial charge in [-0.2, -0.15) is 0 Å². The first-order valence-corrected chi connectivity index (χ1v) is 6.14. The Morgan fingerprint density at radius 2 is 2.18 bits per heavy atom. The molecule has 94 valence electrons. The zero-order valence-corrected chi connectivity index (χ0v) is 11.7. The lowest BCUT2D eigenvalue weighted by Gasteiger charge is -2.20. The predicted molar refractivity (Wildman–Crippen MR) is 70.5 cm³/mol. The molecule has 0 spiro atoms. The van der Waals surface area contributed by atoms with Gasteiger partial charge in [-0.15, -0.1) is 0 Å². The normalized spacial score (nSPS) is 11.0. The van der Waals surface area contributed by atoms with E-state index in [1.54, 1.807) is 6.07 Å². The van der Waals surface area contributed by atoms with Crippen molar-refractivity contribution in [2.45, 2.75) is 19.9 Å². The van der Waals surface area contributed by atoms with Gasteiger partial charge in [0.1, 0.15) is 5.82 Å². The fourth-order valence-electron chi connectivity index (χ4n) is 1.19. The Hall–Kier alpha value is -0.940. The number of hydrogen-bond donors (Lipinski definition) is 1. The lowest BCUT2D eigenvalue weighted by molar-refractivity contribution is -0.117. The van der Waals surface area contributed by atoms with Crippen molar-refractivity contribution in [1.29, 1.82) is 0 Å². The minimum absolute atomic E-state index is 0.204. The van der Waals surface area contributed by atoms with Crippen molar-refractivity contribution < 1.29 is 9.18 Å². The molecule has 0 saturated heterocycles. The minimum Gasteiger partial charge on any atom is -0.322 e. The standard InChI is InChI=1S/C12H16BrFN2O/c1-8(2)16(3)7-12(17)15-11-5-4-9(13)6-10(11)14/h4-6,8H,7H2,1-3H3,(H,15,17). The molecule has 1 N–H and O–H groups in total. The van der Waals surface area contributed by atoms with Crippen LogP contribution in [0.25, 0.3) is 0 Å². The van der Waals surface area contributed by atoms with Gasteiger partial charge in [0.25, 0.3) is 0 Å². The Balaban J connectivity index is 2.62. The van der Waals surface area contributed by atoms with Gasteiger partial charge in [0.2, 0.25) is 5.91 Å². The van der Waals surface area contributed by atoms with E-state index in [4.69, 9.17) is 0 Å². The number of carbonyl (C=O) groups is 1. The topological polar surface area (TPSA) is 32.3 Å². The molecular weight excluding hydrogens is 287 g/mol. The minimum atomic E-state index is -0.445. The molecule has 0 fully saturated rings. The molecular formula is C12H16BrFN2O. The first-order chi connectivity index (χ1) is 7.90. The number of anilines is 1. The summed E-state index contributed by atoms with van der Waals surface area (Å²) in [6.45, 7) is 4.23. The average molecular weight is 303 g/mol. The number of rotatable bonds is 4. The molecule has 0 saturated carbocycles. The van der Waals surface area contributed by atoms with Gasteiger partial charge in [-0.25, -0.2) is 4.39 Å². The van der Waals surface area contributed by atoms with E-state index in [1.165, 1.54) is 12.1 Å². The first-order valence-electron chi connectivity index (χ1n) is 5.35. The van der Waals surface area contributed by atoms with Crippen molar-refractivity contribution in [1.82, 2.24) is 4.90 Å². The van der Waals surface area contributed by atoms with Crippen LogP contribution in [-0.4, -0.2) is 30.4 Å². The van der Waals surface area contributed by atoms with Crippen LogP contribution in [0.15, 0.2) is 22.7 Å². The van der Waals surface area contributed by atoms with Crippen LogP contribution in [0.2, 0.25) is 0 Å². The third kappa shape index (κ3) is 4.44. The number of halogens is 2. The largest absolute Gasteiger partial charge is 0.322 e. The lowest BCUT2D eigenvalue weighted by Crippen LogP contribution is -2.34. The van der Waals surface area contributed by atoms with Crippen LogP contribution >= 0.6 is 15.9 Å². The number of amides is 1. The average Bonchev–Trinajstić information content (AvgIpc) is 2.22. The number of nitrogens with zero attached hydrogens (tertiary/aromatic N) is 1. The predicted octanol–water partition coefficient (Wildman–Crippen LogP) is 2.87. The Morgan fingerprint density at radius 1 is 1.53 bits per heavy atom. The van der Waals surface area contributed by atoms with E-state index >= 15 is 0 Å². The van der Waals surface area contributed by atoms with Crippen LogP contribution in [0.4, 0.5) is 10.1 Å². The highest BCUT2D eigenvalue weighted by Gasteiger charge is 2.11. The van der Waals surface area contributed by atoms with Crippen LogP contribution in [-0.2, 0) is 4.79 Å². The van der Waals surface area contributed by atoms with Crippen LogP contribution < -0.4 is 5.32 Å². The SMILES string of the molecule is CC(C)N(C)CC(=O)Nc1ccc(Br)cc1F. The molecule has 0 bridgehead atoms. The van der Waals surface area contributed by atoms with Gasteiger partial charge in [0, 0.05) is 10.5 Å². The van der Waals surface area contributed by atoms with Crippen LogP contribution in [0.3, 0.4) is 0 Å². The van der Waals surface area contributed by atoms with Crippen molar-refractivity contribution in [3.05, 3.63) is 28.5 Å². The lowest BCUT2D eigenvalue weighted by atomic mass is 10.3. The quantitative estimate of drug-likeness (QED) is 0.927. The molecule has 5 heteroatoms. The van der Waals surface area contributed by atoms with Crippen molar-refractivity contribution in [2.75, 3.05) is 18.9 Å². The van der Waals surface area contributed by atoms with Gasteiger partial charge in [0.15, 0.2) is 0 Å². The van der Waals surface area contributed by atoms with Crippen LogP contribution in [0, 0.1) is 5.82 Å². The maximum atomic E-state index is 13.4. The van der Waals surface area contributed by atoms with Gasteiger partial charge < -0.3 is 5.32 Å². The first kappa shape index (κ1) is 14.1. The third-order valence-electron chi connectivity index (χ3n) is 2.48. The summed E-state index contributed by atoms with van der Waals surface area (Å²) in [4.78, 5) is 13.5. The molecule has 0 aliphatic carbocycles. The molecule has 0 aliphatic rings. The fourth-order valence-corrected chi connectivity index (χ4v) is 1.52. The van der Waals surface area contributed by atoms with E-state index in [0.29, 0.717) is 4.47 Å². The Labute approximate surface area is 109 Å². The number of hydrogen-bond acceptors (Lipinski definition) is 2. The number of likely N-dealkylation sites (N-methyl/N-ethyl adjacent to an activating group) is 1. The second-order valence-corrected chi connectivity index (χ2v) is 5.10. The summed E-state index contributed by atoms with van der Waals surface area (Å²) >= 11 is 3.16. The highest BCUT2D eigenvalue weighted by molar-refractivity contribution is 9.10. The molecule has 1 aromatic carbocycles. The van der Waals surface area contributed by atoms with E-state index in [2.05, 4.69) is 21.2 Å². The van der Waals surface area contributed by atoms with E-state index in [1.807, 2.05) is 25.8 Å². The van der Waals surface area contributed by atoms with Gasteiger partial charge >= 0.3 is 0 Å². The molecule has 17 heavy (non-hydrogen) atoms. The molecule has 0 aromatic heterocycles. The van der Waals surface area contributed by atoms with Crippen LogP contribution in [0.5, 0.6) is 0 Å². The molecule has 1 rings (SSSR count). The van der Waals surface area contributed by atoms with Crippen LogP contribution in [0.1, 0.15) is 13.8 Å². The molecule has 1 aromatic rings. The molecule has 0 radical (unpaired) electrons. The second kappa shape index (κ2) is 6.12.